The number of benzene rings is 1. The van der Waals surface area contributed by atoms with Crippen molar-refractivity contribution in [2.75, 3.05) is 12.9 Å². The van der Waals surface area contributed by atoms with E-state index in [4.69, 9.17) is 17.0 Å². The third kappa shape index (κ3) is 7.18. The molecule has 0 spiro atoms. The summed E-state index contributed by atoms with van der Waals surface area (Å²) in [6, 6.07) is 7.93. The maximum Gasteiger partial charge on any atom is 0.233 e. The third-order valence-corrected chi connectivity index (χ3v) is 7.87. The summed E-state index contributed by atoms with van der Waals surface area (Å²) in [6.45, 7) is 0.663. The standard InChI is InChI=1S/C23H34N2O2S2/c1-27-19-12-9-18(10-13-19)16-24-23(28)20(14-11-17-6-3-2-4-7-17)25-22(26)21-8-5-15-29-21/h9-10,12-13,17,20-21H,2-8,11,14-16H2,1H3,(H,24,28)(H,25,26)/t20-,21+/m1/s1. The van der Waals surface area contributed by atoms with Crippen molar-refractivity contribution in [3.05, 3.63) is 29.8 Å². The number of thiocarbonyl (C=S) groups is 1. The van der Waals surface area contributed by atoms with Gasteiger partial charge in [-0.1, -0.05) is 56.5 Å². The van der Waals surface area contributed by atoms with Gasteiger partial charge in [-0.15, -0.1) is 11.8 Å². The first-order valence-electron chi connectivity index (χ1n) is 11.0. The Hall–Kier alpha value is -1.27. The molecule has 4 nitrogen and oxygen atoms in total. The van der Waals surface area contributed by atoms with Gasteiger partial charge >= 0.3 is 0 Å². The van der Waals surface area contributed by atoms with Gasteiger partial charge in [0.05, 0.1) is 23.4 Å². The second-order valence-electron chi connectivity index (χ2n) is 8.21. The van der Waals surface area contributed by atoms with Crippen molar-refractivity contribution in [2.24, 2.45) is 5.92 Å². The Morgan fingerprint density at radius 1 is 1.17 bits per heavy atom. The number of carbonyl (C=O) groups excluding carboxylic acids is 1. The van der Waals surface area contributed by atoms with Crippen molar-refractivity contribution in [1.29, 1.82) is 0 Å². The van der Waals surface area contributed by atoms with E-state index in [1.54, 1.807) is 18.9 Å². The van der Waals surface area contributed by atoms with E-state index >= 15 is 0 Å². The molecule has 2 atom stereocenters. The van der Waals surface area contributed by atoms with Gasteiger partial charge in [-0.2, -0.15) is 0 Å². The number of thioether (sulfide) groups is 1. The number of nitrogens with one attached hydrogen (secondary N) is 2. The lowest BCUT2D eigenvalue weighted by molar-refractivity contribution is -0.120. The maximum absolute atomic E-state index is 12.7. The first-order valence-corrected chi connectivity index (χ1v) is 12.4. The Morgan fingerprint density at radius 3 is 2.59 bits per heavy atom. The van der Waals surface area contributed by atoms with Gasteiger partial charge in [0.2, 0.25) is 5.91 Å². The molecule has 1 aliphatic carbocycles. The molecule has 1 aliphatic heterocycles. The monoisotopic (exact) mass is 434 g/mol. The summed E-state index contributed by atoms with van der Waals surface area (Å²) in [5, 5.41) is 6.75. The molecule has 0 aromatic heterocycles. The van der Waals surface area contributed by atoms with Crippen LogP contribution in [0.4, 0.5) is 0 Å². The molecule has 1 aromatic rings. The molecule has 0 unspecified atom stereocenters. The van der Waals surface area contributed by atoms with Gasteiger partial charge in [-0.25, -0.2) is 0 Å². The molecule has 2 N–H and O–H groups in total. The Morgan fingerprint density at radius 2 is 1.93 bits per heavy atom. The van der Waals surface area contributed by atoms with Crippen molar-refractivity contribution < 1.29 is 9.53 Å². The molecule has 0 bridgehead atoms. The van der Waals surface area contributed by atoms with Crippen LogP contribution in [0.1, 0.15) is 63.4 Å². The molecule has 1 saturated carbocycles. The van der Waals surface area contributed by atoms with Crippen LogP contribution in [-0.2, 0) is 11.3 Å². The molecule has 1 saturated heterocycles. The van der Waals surface area contributed by atoms with E-state index in [1.807, 2.05) is 24.3 Å². The molecule has 1 aromatic carbocycles. The lowest BCUT2D eigenvalue weighted by Gasteiger charge is -2.26. The first-order chi connectivity index (χ1) is 14.2. The van der Waals surface area contributed by atoms with Crippen molar-refractivity contribution >= 4 is 34.9 Å². The zero-order valence-corrected chi connectivity index (χ0v) is 19.1. The molecule has 3 rings (SSSR count). The lowest BCUT2D eigenvalue weighted by atomic mass is 9.85. The number of hydrogen-bond acceptors (Lipinski definition) is 4. The zero-order chi connectivity index (χ0) is 20.5. The van der Waals surface area contributed by atoms with E-state index in [0.717, 1.165) is 53.7 Å². The molecule has 160 valence electrons. The first kappa shape index (κ1) is 22.4. The van der Waals surface area contributed by atoms with Gasteiger partial charge in [-0.05, 0) is 55.1 Å². The molecule has 0 radical (unpaired) electrons. The molecule has 2 aliphatic rings. The van der Waals surface area contributed by atoms with Crippen LogP contribution in [0.25, 0.3) is 0 Å². The number of methoxy groups -OCH3 is 1. The van der Waals surface area contributed by atoms with Crippen LogP contribution >= 0.6 is 24.0 Å². The van der Waals surface area contributed by atoms with Crippen LogP contribution < -0.4 is 15.4 Å². The highest BCUT2D eigenvalue weighted by molar-refractivity contribution is 8.00. The predicted octanol–water partition coefficient (Wildman–Crippen LogP) is 4.85. The highest BCUT2D eigenvalue weighted by Gasteiger charge is 2.27. The van der Waals surface area contributed by atoms with E-state index in [1.165, 1.54) is 32.1 Å². The average molecular weight is 435 g/mol. The molecule has 29 heavy (non-hydrogen) atoms. The summed E-state index contributed by atoms with van der Waals surface area (Å²) in [5.74, 6) is 2.89. The number of rotatable bonds is 9. The van der Waals surface area contributed by atoms with Crippen molar-refractivity contribution in [1.82, 2.24) is 10.6 Å². The van der Waals surface area contributed by atoms with Crippen LogP contribution in [0.15, 0.2) is 24.3 Å². The fourth-order valence-corrected chi connectivity index (χ4v) is 5.67. The van der Waals surface area contributed by atoms with Gasteiger partial charge in [0, 0.05) is 6.54 Å². The van der Waals surface area contributed by atoms with E-state index in [-0.39, 0.29) is 17.2 Å². The highest BCUT2D eigenvalue weighted by Crippen LogP contribution is 2.29. The maximum atomic E-state index is 12.7. The number of ether oxygens (including phenoxy) is 1. The van der Waals surface area contributed by atoms with Gasteiger partial charge in [0.25, 0.3) is 0 Å². The molecule has 2 fully saturated rings. The van der Waals surface area contributed by atoms with Crippen LogP contribution in [0, 0.1) is 5.92 Å². The number of carbonyl (C=O) groups is 1. The molecular weight excluding hydrogens is 400 g/mol. The van der Waals surface area contributed by atoms with Crippen LogP contribution in [-0.4, -0.2) is 35.1 Å². The summed E-state index contributed by atoms with van der Waals surface area (Å²) >= 11 is 7.50. The van der Waals surface area contributed by atoms with Gasteiger partial charge in [-0.3, -0.25) is 4.79 Å². The summed E-state index contributed by atoms with van der Waals surface area (Å²) in [4.78, 5) is 13.5. The fourth-order valence-electron chi connectivity index (χ4n) is 4.25. The average Bonchev–Trinajstić information content (AvgIpc) is 3.31. The summed E-state index contributed by atoms with van der Waals surface area (Å²) in [6.07, 6.45) is 10.9. The van der Waals surface area contributed by atoms with E-state index < -0.39 is 0 Å². The van der Waals surface area contributed by atoms with Crippen LogP contribution in [0.2, 0.25) is 0 Å². The summed E-state index contributed by atoms with van der Waals surface area (Å²) in [7, 11) is 1.67. The molecule has 1 heterocycles. The second kappa shape index (κ2) is 11.8. The highest BCUT2D eigenvalue weighted by atomic mass is 32.2. The number of amides is 1. The van der Waals surface area contributed by atoms with Crippen molar-refractivity contribution in [3.8, 4) is 5.75 Å². The minimum Gasteiger partial charge on any atom is -0.497 e. The van der Waals surface area contributed by atoms with Crippen molar-refractivity contribution in [2.45, 2.75) is 75.6 Å². The summed E-state index contributed by atoms with van der Waals surface area (Å²) < 4.78 is 5.22. The Kier molecular flexibility index (Phi) is 9.12. The summed E-state index contributed by atoms with van der Waals surface area (Å²) in [5.41, 5.74) is 1.15. The molecule has 6 heteroatoms. The van der Waals surface area contributed by atoms with Crippen LogP contribution in [0.3, 0.4) is 0 Å². The normalized spacial score (nSPS) is 20.8. The van der Waals surface area contributed by atoms with Gasteiger partial charge < -0.3 is 15.4 Å². The molecular formula is C23H34N2O2S2. The predicted molar refractivity (Wildman–Crippen MR) is 126 cm³/mol. The van der Waals surface area contributed by atoms with Gasteiger partial charge in [0.15, 0.2) is 0 Å². The van der Waals surface area contributed by atoms with Gasteiger partial charge in [0.1, 0.15) is 5.75 Å². The Bertz CT molecular complexity index is 653. The minimum atomic E-state index is -0.0705. The molecule has 1 amide bonds. The topological polar surface area (TPSA) is 50.4 Å². The third-order valence-electron chi connectivity index (χ3n) is 6.07. The van der Waals surface area contributed by atoms with E-state index in [2.05, 4.69) is 10.6 Å². The number of hydrogen-bond donors (Lipinski definition) is 2. The fraction of sp³-hybridized carbons (Fsp3) is 0.652. The second-order valence-corrected chi connectivity index (χ2v) is 9.96. The Labute approximate surface area is 184 Å². The zero-order valence-electron chi connectivity index (χ0n) is 17.5. The largest absolute Gasteiger partial charge is 0.497 e. The quantitative estimate of drug-likeness (QED) is 0.544. The van der Waals surface area contributed by atoms with Crippen molar-refractivity contribution in [3.63, 3.8) is 0 Å². The van der Waals surface area contributed by atoms with E-state index in [9.17, 15) is 4.79 Å². The Balaban J connectivity index is 1.55. The smallest absolute Gasteiger partial charge is 0.233 e. The van der Waals surface area contributed by atoms with E-state index in [0.29, 0.717) is 6.54 Å². The lowest BCUT2D eigenvalue weighted by Crippen LogP contribution is -2.48. The van der Waals surface area contributed by atoms with Crippen LogP contribution in [0.5, 0.6) is 5.75 Å². The SMILES string of the molecule is COc1ccc(CNC(=S)[C@@H](CCC2CCCCC2)NC(=O)[C@@H]2CCCS2)cc1. The minimum absolute atomic E-state index is 0.0705.